The molecule has 0 aromatic heterocycles. The molecule has 2 aliphatic rings. The first kappa shape index (κ1) is 23.7. The van der Waals surface area contributed by atoms with Gasteiger partial charge in [0.1, 0.15) is 18.5 Å². The second kappa shape index (κ2) is 11.1. The minimum Gasteiger partial charge on any atom is -0.491 e. The zero-order valence-corrected chi connectivity index (χ0v) is 19.8. The van der Waals surface area contributed by atoms with E-state index >= 15 is 0 Å². The molecule has 2 aromatic carbocycles. The molecule has 1 amide bonds. The number of hydrogen-bond donors (Lipinski definition) is 1. The molecule has 2 atom stereocenters. The highest BCUT2D eigenvalue weighted by atomic mass is 16.5. The van der Waals surface area contributed by atoms with Gasteiger partial charge >= 0.3 is 0 Å². The Kier molecular flexibility index (Phi) is 8.02. The van der Waals surface area contributed by atoms with Crippen molar-refractivity contribution in [3.05, 3.63) is 65.2 Å². The molecule has 0 spiro atoms. The Labute approximate surface area is 197 Å². The number of aliphatic hydroxyl groups excluding tert-OH is 1. The third kappa shape index (κ3) is 7.03. The van der Waals surface area contributed by atoms with Crippen LogP contribution in [0, 0.1) is 19.8 Å². The summed E-state index contributed by atoms with van der Waals surface area (Å²) in [5.41, 5.74) is 2.94. The third-order valence-corrected chi connectivity index (χ3v) is 6.40. The van der Waals surface area contributed by atoms with Crippen LogP contribution in [0.2, 0.25) is 0 Å². The number of carbonyl (C=O) groups excluding carboxylic acids is 1. The minimum absolute atomic E-state index is 0.0589. The fourth-order valence-electron chi connectivity index (χ4n) is 4.29. The SMILES string of the molecule is Cc1ccc(C(=O)N(CC2CC2)CC2CN(CC(O)COc3ccccc3C)CCO2)cc1. The molecule has 0 bridgehead atoms. The summed E-state index contributed by atoms with van der Waals surface area (Å²) in [6.07, 6.45) is 1.75. The van der Waals surface area contributed by atoms with Crippen molar-refractivity contribution < 1.29 is 19.4 Å². The van der Waals surface area contributed by atoms with E-state index in [1.54, 1.807) is 0 Å². The van der Waals surface area contributed by atoms with Crippen molar-refractivity contribution in [2.75, 3.05) is 45.9 Å². The van der Waals surface area contributed by atoms with Gasteiger partial charge in [0.15, 0.2) is 0 Å². The lowest BCUT2D eigenvalue weighted by Crippen LogP contribution is -2.51. The summed E-state index contributed by atoms with van der Waals surface area (Å²) >= 11 is 0. The van der Waals surface area contributed by atoms with Crippen molar-refractivity contribution in [1.29, 1.82) is 0 Å². The number of aliphatic hydroxyl groups is 1. The van der Waals surface area contributed by atoms with E-state index in [1.807, 2.05) is 67.3 Å². The number of benzene rings is 2. The van der Waals surface area contributed by atoms with Crippen molar-refractivity contribution in [1.82, 2.24) is 9.80 Å². The molecule has 1 heterocycles. The Bertz CT molecular complexity index is 913. The van der Waals surface area contributed by atoms with Crippen molar-refractivity contribution in [2.24, 2.45) is 5.92 Å². The molecule has 1 aliphatic carbocycles. The first-order chi connectivity index (χ1) is 16.0. The van der Waals surface area contributed by atoms with Crippen LogP contribution in [-0.4, -0.2) is 79.0 Å². The normalized spacial score (nSPS) is 19.8. The van der Waals surface area contributed by atoms with E-state index in [0.29, 0.717) is 32.2 Å². The van der Waals surface area contributed by atoms with E-state index in [9.17, 15) is 9.90 Å². The maximum absolute atomic E-state index is 13.2. The fourth-order valence-corrected chi connectivity index (χ4v) is 4.29. The van der Waals surface area contributed by atoms with Gasteiger partial charge in [-0.2, -0.15) is 0 Å². The van der Waals surface area contributed by atoms with Crippen molar-refractivity contribution in [3.63, 3.8) is 0 Å². The summed E-state index contributed by atoms with van der Waals surface area (Å²) in [4.78, 5) is 17.4. The summed E-state index contributed by atoms with van der Waals surface area (Å²) in [7, 11) is 0. The van der Waals surface area contributed by atoms with Gasteiger partial charge in [0.05, 0.1) is 12.7 Å². The van der Waals surface area contributed by atoms with E-state index in [-0.39, 0.29) is 18.6 Å². The van der Waals surface area contributed by atoms with Gasteiger partial charge in [0.2, 0.25) is 0 Å². The number of rotatable bonds is 10. The smallest absolute Gasteiger partial charge is 0.253 e. The Morgan fingerprint density at radius 1 is 1.15 bits per heavy atom. The lowest BCUT2D eigenvalue weighted by atomic mass is 10.1. The first-order valence-corrected chi connectivity index (χ1v) is 12.0. The van der Waals surface area contributed by atoms with Gasteiger partial charge in [-0.1, -0.05) is 35.9 Å². The predicted octanol–water partition coefficient (Wildman–Crippen LogP) is 3.30. The quantitative estimate of drug-likeness (QED) is 0.599. The largest absolute Gasteiger partial charge is 0.491 e. The Morgan fingerprint density at radius 3 is 2.64 bits per heavy atom. The molecule has 33 heavy (non-hydrogen) atoms. The van der Waals surface area contributed by atoms with Crippen molar-refractivity contribution in [2.45, 2.75) is 38.9 Å². The van der Waals surface area contributed by atoms with E-state index in [4.69, 9.17) is 9.47 Å². The molecule has 4 rings (SSSR count). The summed E-state index contributed by atoms with van der Waals surface area (Å²) in [6, 6.07) is 15.6. The Hall–Kier alpha value is -2.41. The molecule has 6 nitrogen and oxygen atoms in total. The molecular formula is C27H36N2O4. The highest BCUT2D eigenvalue weighted by Crippen LogP contribution is 2.30. The minimum atomic E-state index is -0.583. The van der Waals surface area contributed by atoms with Crippen LogP contribution >= 0.6 is 0 Å². The van der Waals surface area contributed by atoms with Gasteiger partial charge in [0, 0.05) is 38.3 Å². The van der Waals surface area contributed by atoms with E-state index in [1.165, 1.54) is 12.8 Å². The molecule has 1 aliphatic heterocycles. The van der Waals surface area contributed by atoms with E-state index < -0.39 is 6.10 Å². The molecule has 2 aromatic rings. The second-order valence-corrected chi connectivity index (χ2v) is 9.50. The lowest BCUT2D eigenvalue weighted by Gasteiger charge is -2.36. The molecule has 6 heteroatoms. The van der Waals surface area contributed by atoms with Crippen LogP contribution in [0.3, 0.4) is 0 Å². The average molecular weight is 453 g/mol. The Balaban J connectivity index is 1.30. The van der Waals surface area contributed by atoms with Crippen LogP contribution in [0.15, 0.2) is 48.5 Å². The second-order valence-electron chi connectivity index (χ2n) is 9.50. The molecule has 1 saturated heterocycles. The monoisotopic (exact) mass is 452 g/mol. The van der Waals surface area contributed by atoms with E-state index in [0.717, 1.165) is 35.5 Å². The van der Waals surface area contributed by atoms with E-state index in [2.05, 4.69) is 4.90 Å². The molecule has 2 fully saturated rings. The number of hydrogen-bond acceptors (Lipinski definition) is 5. The fraction of sp³-hybridized carbons (Fsp3) is 0.519. The molecular weight excluding hydrogens is 416 g/mol. The number of β-amino-alcohol motifs (C(OH)–C–C–N with tert-alkyl or cyclic N) is 1. The number of para-hydroxylation sites is 1. The first-order valence-electron chi connectivity index (χ1n) is 12.0. The standard InChI is InChI=1S/C27H36N2O4/c1-20-7-11-23(12-8-20)27(31)29(15-22-9-10-22)18-25-17-28(13-14-32-25)16-24(30)19-33-26-6-4-3-5-21(26)2/h3-8,11-12,22,24-25,30H,9-10,13-19H2,1-2H3. The number of ether oxygens (including phenoxy) is 2. The van der Waals surface area contributed by atoms with Crippen LogP contribution in [-0.2, 0) is 4.74 Å². The maximum atomic E-state index is 13.2. The zero-order valence-electron chi connectivity index (χ0n) is 19.8. The Morgan fingerprint density at radius 2 is 1.91 bits per heavy atom. The van der Waals surface area contributed by atoms with Gasteiger partial charge < -0.3 is 19.5 Å². The average Bonchev–Trinajstić information content (AvgIpc) is 3.63. The summed E-state index contributed by atoms with van der Waals surface area (Å²) < 4.78 is 11.8. The van der Waals surface area contributed by atoms with Gasteiger partial charge in [-0.3, -0.25) is 9.69 Å². The van der Waals surface area contributed by atoms with Crippen molar-refractivity contribution in [3.8, 4) is 5.75 Å². The number of amides is 1. The number of nitrogens with zero attached hydrogens (tertiary/aromatic N) is 2. The topological polar surface area (TPSA) is 62.2 Å². The van der Waals surface area contributed by atoms with Crippen LogP contribution < -0.4 is 4.74 Å². The van der Waals surface area contributed by atoms with Crippen LogP contribution in [0.1, 0.15) is 34.3 Å². The number of aryl methyl sites for hydroxylation is 2. The molecule has 0 radical (unpaired) electrons. The highest BCUT2D eigenvalue weighted by molar-refractivity contribution is 5.94. The number of morpholine rings is 1. The van der Waals surface area contributed by atoms with Crippen LogP contribution in [0.4, 0.5) is 0 Å². The zero-order chi connectivity index (χ0) is 23.2. The van der Waals surface area contributed by atoms with Crippen LogP contribution in [0.5, 0.6) is 5.75 Å². The summed E-state index contributed by atoms with van der Waals surface area (Å²) in [6.45, 7) is 8.25. The van der Waals surface area contributed by atoms with Crippen molar-refractivity contribution >= 4 is 5.91 Å². The lowest BCUT2D eigenvalue weighted by molar-refractivity contribution is -0.0538. The van der Waals surface area contributed by atoms with Gasteiger partial charge in [-0.25, -0.2) is 0 Å². The van der Waals surface area contributed by atoms with Gasteiger partial charge in [-0.15, -0.1) is 0 Å². The number of carbonyl (C=O) groups is 1. The molecule has 2 unspecified atom stereocenters. The van der Waals surface area contributed by atoms with Crippen LogP contribution in [0.25, 0.3) is 0 Å². The molecule has 1 saturated carbocycles. The van der Waals surface area contributed by atoms with Gasteiger partial charge in [0.25, 0.3) is 5.91 Å². The van der Waals surface area contributed by atoms with Gasteiger partial charge in [-0.05, 0) is 56.4 Å². The third-order valence-electron chi connectivity index (χ3n) is 6.40. The summed E-state index contributed by atoms with van der Waals surface area (Å²) in [5, 5.41) is 10.5. The molecule has 1 N–H and O–H groups in total. The molecule has 178 valence electrons. The highest BCUT2D eigenvalue weighted by Gasteiger charge is 2.31. The predicted molar refractivity (Wildman–Crippen MR) is 129 cm³/mol. The summed E-state index contributed by atoms with van der Waals surface area (Å²) in [5.74, 6) is 1.50. The maximum Gasteiger partial charge on any atom is 0.253 e.